The van der Waals surface area contributed by atoms with Crippen molar-refractivity contribution in [3.8, 4) is 0 Å². The summed E-state index contributed by atoms with van der Waals surface area (Å²) in [4.78, 5) is 0. The van der Waals surface area contributed by atoms with Crippen LogP contribution in [0.2, 0.25) is 0 Å². The molecule has 2 rings (SSSR count). The molecule has 0 heterocycles. The highest BCUT2D eigenvalue weighted by atomic mass is 19.4. The molecular weight excluding hydrogens is 227 g/mol. The van der Waals surface area contributed by atoms with Crippen LogP contribution in [0.15, 0.2) is 24.3 Å². The van der Waals surface area contributed by atoms with E-state index < -0.39 is 11.7 Å². The molecular formula is C13H16F3N. The molecule has 1 saturated carbocycles. The van der Waals surface area contributed by atoms with Crippen molar-refractivity contribution < 1.29 is 13.2 Å². The van der Waals surface area contributed by atoms with Gasteiger partial charge in [0.1, 0.15) is 0 Å². The first-order chi connectivity index (χ1) is 7.95. The van der Waals surface area contributed by atoms with Crippen molar-refractivity contribution in [1.29, 1.82) is 0 Å². The van der Waals surface area contributed by atoms with Crippen molar-refractivity contribution in [2.24, 2.45) is 5.92 Å². The third kappa shape index (κ3) is 3.14. The van der Waals surface area contributed by atoms with E-state index in [2.05, 4.69) is 12.2 Å². The first-order valence-corrected chi connectivity index (χ1v) is 5.89. The second-order valence-corrected chi connectivity index (χ2v) is 4.83. The van der Waals surface area contributed by atoms with Crippen LogP contribution in [-0.4, -0.2) is 6.04 Å². The standard InChI is InChI=1S/C13H16F3N/c1-9-2-5-12(8-9)17-11-6-3-10(4-7-11)13(14,15)16/h3-4,6-7,9,12,17H,2,5,8H2,1H3. The van der Waals surface area contributed by atoms with Gasteiger partial charge in [-0.1, -0.05) is 6.92 Å². The summed E-state index contributed by atoms with van der Waals surface area (Å²) in [6.45, 7) is 2.20. The Hall–Kier alpha value is -1.19. The molecule has 4 heteroatoms. The van der Waals surface area contributed by atoms with Gasteiger partial charge in [-0.3, -0.25) is 0 Å². The monoisotopic (exact) mass is 243 g/mol. The molecule has 0 bridgehead atoms. The third-order valence-electron chi connectivity index (χ3n) is 3.28. The maximum absolute atomic E-state index is 12.4. The number of rotatable bonds is 2. The first kappa shape index (κ1) is 12.3. The lowest BCUT2D eigenvalue weighted by Gasteiger charge is -2.14. The minimum absolute atomic E-state index is 0.404. The number of benzene rings is 1. The maximum atomic E-state index is 12.4. The van der Waals surface area contributed by atoms with Crippen LogP contribution in [0.4, 0.5) is 18.9 Å². The Morgan fingerprint density at radius 3 is 2.24 bits per heavy atom. The fourth-order valence-electron chi connectivity index (χ4n) is 2.33. The number of alkyl halides is 3. The zero-order chi connectivity index (χ0) is 12.5. The van der Waals surface area contributed by atoms with E-state index in [1.165, 1.54) is 18.6 Å². The van der Waals surface area contributed by atoms with E-state index in [9.17, 15) is 13.2 Å². The van der Waals surface area contributed by atoms with Crippen molar-refractivity contribution in [2.75, 3.05) is 5.32 Å². The fourth-order valence-corrected chi connectivity index (χ4v) is 2.33. The molecule has 17 heavy (non-hydrogen) atoms. The van der Waals surface area contributed by atoms with Crippen molar-refractivity contribution in [3.63, 3.8) is 0 Å². The molecule has 2 atom stereocenters. The molecule has 1 N–H and O–H groups in total. The predicted octanol–water partition coefficient (Wildman–Crippen LogP) is 4.31. The molecule has 1 aromatic carbocycles. The van der Waals surface area contributed by atoms with Gasteiger partial charge in [-0.25, -0.2) is 0 Å². The van der Waals surface area contributed by atoms with Crippen LogP contribution in [0.3, 0.4) is 0 Å². The minimum atomic E-state index is -4.25. The number of halogens is 3. The van der Waals surface area contributed by atoms with Crippen LogP contribution in [0.1, 0.15) is 31.7 Å². The average molecular weight is 243 g/mol. The highest BCUT2D eigenvalue weighted by molar-refractivity contribution is 5.46. The summed E-state index contributed by atoms with van der Waals surface area (Å²) in [6, 6.07) is 5.67. The number of hydrogen-bond acceptors (Lipinski definition) is 1. The third-order valence-corrected chi connectivity index (χ3v) is 3.28. The van der Waals surface area contributed by atoms with E-state index in [0.29, 0.717) is 12.0 Å². The number of nitrogens with one attached hydrogen (secondary N) is 1. The quantitative estimate of drug-likeness (QED) is 0.816. The molecule has 94 valence electrons. The molecule has 0 saturated heterocycles. The topological polar surface area (TPSA) is 12.0 Å². The van der Waals surface area contributed by atoms with Gasteiger partial charge in [0, 0.05) is 11.7 Å². The second-order valence-electron chi connectivity index (χ2n) is 4.83. The molecule has 2 unspecified atom stereocenters. The Kier molecular flexibility index (Phi) is 3.31. The van der Waals surface area contributed by atoms with Gasteiger partial charge in [0.15, 0.2) is 0 Å². The Bertz CT molecular complexity index is 369. The van der Waals surface area contributed by atoms with Gasteiger partial charge in [-0.15, -0.1) is 0 Å². The van der Waals surface area contributed by atoms with Crippen molar-refractivity contribution >= 4 is 5.69 Å². The van der Waals surface area contributed by atoms with Crippen molar-refractivity contribution in [1.82, 2.24) is 0 Å². The van der Waals surface area contributed by atoms with Crippen molar-refractivity contribution in [2.45, 2.75) is 38.4 Å². The van der Waals surface area contributed by atoms with E-state index in [4.69, 9.17) is 0 Å². The minimum Gasteiger partial charge on any atom is -0.382 e. The maximum Gasteiger partial charge on any atom is 0.416 e. The van der Waals surface area contributed by atoms with Gasteiger partial charge in [0.05, 0.1) is 5.56 Å². The predicted molar refractivity (Wildman–Crippen MR) is 61.9 cm³/mol. The number of anilines is 1. The van der Waals surface area contributed by atoms with E-state index in [0.717, 1.165) is 30.7 Å². The molecule has 1 aliphatic carbocycles. The molecule has 0 aliphatic heterocycles. The van der Waals surface area contributed by atoms with E-state index in [1.807, 2.05) is 0 Å². The zero-order valence-electron chi connectivity index (χ0n) is 9.72. The summed E-state index contributed by atoms with van der Waals surface area (Å²) in [6.07, 6.45) is -0.859. The second kappa shape index (κ2) is 4.59. The summed E-state index contributed by atoms with van der Waals surface area (Å²) in [5, 5.41) is 3.28. The Morgan fingerprint density at radius 1 is 1.12 bits per heavy atom. The largest absolute Gasteiger partial charge is 0.416 e. The van der Waals surface area contributed by atoms with Gasteiger partial charge < -0.3 is 5.32 Å². The van der Waals surface area contributed by atoms with Crippen LogP contribution in [0.5, 0.6) is 0 Å². The zero-order valence-corrected chi connectivity index (χ0v) is 9.72. The van der Waals surface area contributed by atoms with Crippen LogP contribution >= 0.6 is 0 Å². The van der Waals surface area contributed by atoms with Gasteiger partial charge >= 0.3 is 6.18 Å². The van der Waals surface area contributed by atoms with Crippen LogP contribution in [0.25, 0.3) is 0 Å². The summed E-state index contributed by atoms with van der Waals surface area (Å²) in [5.74, 6) is 0.710. The lowest BCUT2D eigenvalue weighted by molar-refractivity contribution is -0.137. The molecule has 0 amide bonds. The molecule has 1 aromatic rings. The summed E-state index contributed by atoms with van der Waals surface area (Å²) in [5.41, 5.74) is 0.180. The van der Waals surface area contributed by atoms with E-state index in [1.54, 1.807) is 0 Å². The highest BCUT2D eigenvalue weighted by Gasteiger charge is 2.30. The Balaban J connectivity index is 1.99. The summed E-state index contributed by atoms with van der Waals surface area (Å²) in [7, 11) is 0. The highest BCUT2D eigenvalue weighted by Crippen LogP contribution is 2.31. The molecule has 0 aromatic heterocycles. The molecule has 1 nitrogen and oxygen atoms in total. The van der Waals surface area contributed by atoms with Crippen molar-refractivity contribution in [3.05, 3.63) is 29.8 Å². The SMILES string of the molecule is CC1CCC(Nc2ccc(C(F)(F)F)cc2)C1. The molecule has 1 aliphatic rings. The lowest BCUT2D eigenvalue weighted by atomic mass is 10.1. The lowest BCUT2D eigenvalue weighted by Crippen LogP contribution is -2.15. The van der Waals surface area contributed by atoms with Gasteiger partial charge in [0.25, 0.3) is 0 Å². The molecule has 1 fully saturated rings. The van der Waals surface area contributed by atoms with Gasteiger partial charge in [-0.2, -0.15) is 13.2 Å². The summed E-state index contributed by atoms with van der Waals surface area (Å²) >= 11 is 0. The fraction of sp³-hybridized carbons (Fsp3) is 0.538. The van der Waals surface area contributed by atoms with Gasteiger partial charge in [-0.05, 0) is 49.4 Å². The van der Waals surface area contributed by atoms with Crippen LogP contribution in [-0.2, 0) is 6.18 Å². The normalized spacial score (nSPS) is 24.9. The smallest absolute Gasteiger partial charge is 0.382 e. The van der Waals surface area contributed by atoms with Crippen LogP contribution < -0.4 is 5.32 Å². The Morgan fingerprint density at radius 2 is 1.76 bits per heavy atom. The average Bonchev–Trinajstić information content (AvgIpc) is 2.63. The Labute approximate surface area is 99.0 Å². The van der Waals surface area contributed by atoms with E-state index >= 15 is 0 Å². The summed E-state index contributed by atoms with van der Waals surface area (Å²) < 4.78 is 37.1. The molecule has 0 spiro atoms. The van der Waals surface area contributed by atoms with Gasteiger partial charge in [0.2, 0.25) is 0 Å². The first-order valence-electron chi connectivity index (χ1n) is 5.89. The van der Waals surface area contributed by atoms with E-state index in [-0.39, 0.29) is 0 Å². The number of hydrogen-bond donors (Lipinski definition) is 1. The molecule has 0 radical (unpaired) electrons. The van der Waals surface area contributed by atoms with Crippen LogP contribution in [0, 0.1) is 5.92 Å².